The molecule has 3 rings (SSSR count). The summed E-state index contributed by atoms with van der Waals surface area (Å²) in [4.78, 5) is 31.8. The maximum absolute atomic E-state index is 13.2. The van der Waals surface area contributed by atoms with Crippen molar-refractivity contribution in [1.82, 2.24) is 15.2 Å². The molecule has 184 valence electrons. The van der Waals surface area contributed by atoms with E-state index in [0.717, 1.165) is 19.6 Å². The van der Waals surface area contributed by atoms with Crippen molar-refractivity contribution in [3.63, 3.8) is 0 Å². The van der Waals surface area contributed by atoms with Crippen LogP contribution in [0.4, 0.5) is 0 Å². The van der Waals surface area contributed by atoms with Gasteiger partial charge < -0.3 is 24.4 Å². The van der Waals surface area contributed by atoms with Gasteiger partial charge >= 0.3 is 0 Å². The minimum absolute atomic E-state index is 0.0753. The highest BCUT2D eigenvalue weighted by atomic mass is 35.5. The Bertz CT molecular complexity index is 992. The number of amides is 1. The van der Waals surface area contributed by atoms with E-state index >= 15 is 0 Å². The molecular weight excluding hydrogens is 481 g/mol. The van der Waals surface area contributed by atoms with Gasteiger partial charge in [0.25, 0.3) is 5.91 Å². The maximum Gasteiger partial charge on any atom is 0.257 e. The number of hydrogen-bond donors (Lipinski definition) is 1. The number of pyridine rings is 1. The van der Waals surface area contributed by atoms with E-state index in [1.54, 1.807) is 12.1 Å². The number of benzene rings is 1. The van der Waals surface area contributed by atoms with Crippen LogP contribution in [0.25, 0.3) is 0 Å². The van der Waals surface area contributed by atoms with Gasteiger partial charge in [0.05, 0.1) is 29.8 Å². The van der Waals surface area contributed by atoms with Crippen LogP contribution < -0.4 is 19.5 Å². The number of likely N-dealkylation sites (tertiary alicyclic amines) is 1. The highest BCUT2D eigenvalue weighted by molar-refractivity contribution is 6.36. The van der Waals surface area contributed by atoms with Crippen LogP contribution in [0.2, 0.25) is 10.0 Å². The van der Waals surface area contributed by atoms with Gasteiger partial charge in [-0.25, -0.2) is 0 Å². The first-order chi connectivity index (χ1) is 16.4. The fourth-order valence-corrected chi connectivity index (χ4v) is 4.35. The molecule has 1 aliphatic heterocycles. The summed E-state index contributed by atoms with van der Waals surface area (Å²) in [7, 11) is 2.92. The number of rotatable bonds is 11. The second-order valence-electron chi connectivity index (χ2n) is 7.90. The standard InChI is InChI=1S/C24H29Cl2N3O5/c1-32-21-7-6-16(20(30)12-17-18(25)13-27-14-19(17)26)23(24(21)33-2)34-15-22(31)28-8-11-29-9-4-3-5-10-29/h6-7,13-14H,3-5,8-12,15H2,1-2H3,(H,28,31). The highest BCUT2D eigenvalue weighted by Gasteiger charge is 2.23. The van der Waals surface area contributed by atoms with Crippen molar-refractivity contribution in [3.05, 3.63) is 45.7 Å². The fourth-order valence-electron chi connectivity index (χ4n) is 3.85. The Balaban J connectivity index is 1.71. The van der Waals surface area contributed by atoms with E-state index in [0.29, 0.717) is 17.9 Å². The Morgan fingerprint density at radius 2 is 1.74 bits per heavy atom. The smallest absolute Gasteiger partial charge is 0.257 e. The molecule has 8 nitrogen and oxygen atoms in total. The number of aromatic nitrogens is 1. The Labute approximate surface area is 209 Å². The quantitative estimate of drug-likeness (QED) is 0.460. The molecule has 1 N–H and O–H groups in total. The number of methoxy groups -OCH3 is 2. The fraction of sp³-hybridized carbons (Fsp3) is 0.458. The number of carbonyl (C=O) groups is 2. The van der Waals surface area contributed by atoms with Gasteiger partial charge in [-0.1, -0.05) is 29.6 Å². The Hall–Kier alpha value is -2.55. The molecule has 1 amide bonds. The van der Waals surface area contributed by atoms with Crippen LogP contribution in [0.3, 0.4) is 0 Å². The van der Waals surface area contributed by atoms with Crippen LogP contribution in [0.1, 0.15) is 35.2 Å². The van der Waals surface area contributed by atoms with Crippen molar-refractivity contribution in [2.75, 3.05) is 47.0 Å². The Morgan fingerprint density at radius 3 is 2.38 bits per heavy atom. The van der Waals surface area contributed by atoms with Crippen molar-refractivity contribution < 1.29 is 23.8 Å². The van der Waals surface area contributed by atoms with Crippen LogP contribution in [0.5, 0.6) is 17.2 Å². The molecule has 2 heterocycles. The second-order valence-corrected chi connectivity index (χ2v) is 8.71. The zero-order valence-electron chi connectivity index (χ0n) is 19.4. The highest BCUT2D eigenvalue weighted by Crippen LogP contribution is 2.40. The molecule has 0 unspecified atom stereocenters. The average Bonchev–Trinajstić information content (AvgIpc) is 2.84. The first-order valence-corrected chi connectivity index (χ1v) is 11.9. The van der Waals surface area contributed by atoms with Crippen LogP contribution in [0.15, 0.2) is 24.5 Å². The molecule has 0 saturated carbocycles. The summed E-state index contributed by atoms with van der Waals surface area (Å²) in [5.74, 6) is 0.122. The van der Waals surface area contributed by atoms with Gasteiger partial charge in [0.2, 0.25) is 5.75 Å². The van der Waals surface area contributed by atoms with Crippen molar-refractivity contribution in [2.24, 2.45) is 0 Å². The van der Waals surface area contributed by atoms with Crippen LogP contribution in [-0.2, 0) is 11.2 Å². The molecule has 0 spiro atoms. The van der Waals surface area contributed by atoms with Gasteiger partial charge in [-0.05, 0) is 38.1 Å². The van der Waals surface area contributed by atoms with Gasteiger partial charge in [-0.2, -0.15) is 0 Å². The first kappa shape index (κ1) is 26.1. The molecule has 34 heavy (non-hydrogen) atoms. The number of halogens is 2. The van der Waals surface area contributed by atoms with Gasteiger partial charge in [-0.3, -0.25) is 14.6 Å². The van der Waals surface area contributed by atoms with Crippen molar-refractivity contribution in [1.29, 1.82) is 0 Å². The van der Waals surface area contributed by atoms with E-state index in [9.17, 15) is 9.59 Å². The van der Waals surface area contributed by atoms with Gasteiger partial charge in [-0.15, -0.1) is 0 Å². The third kappa shape index (κ3) is 6.74. The largest absolute Gasteiger partial charge is 0.493 e. The normalized spacial score (nSPS) is 13.9. The lowest BCUT2D eigenvalue weighted by Gasteiger charge is -2.26. The molecule has 1 saturated heterocycles. The zero-order chi connectivity index (χ0) is 24.5. The zero-order valence-corrected chi connectivity index (χ0v) is 20.9. The molecule has 10 heteroatoms. The number of piperidine rings is 1. The topological polar surface area (TPSA) is 90.0 Å². The monoisotopic (exact) mass is 509 g/mol. The SMILES string of the molecule is COc1ccc(C(=O)Cc2c(Cl)cncc2Cl)c(OCC(=O)NCCN2CCCCC2)c1OC. The summed E-state index contributed by atoms with van der Waals surface area (Å²) < 4.78 is 16.6. The number of hydrogen-bond acceptors (Lipinski definition) is 7. The molecule has 1 aliphatic rings. The third-order valence-electron chi connectivity index (χ3n) is 5.64. The number of ketones is 1. The van der Waals surface area contributed by atoms with Crippen LogP contribution in [-0.4, -0.2) is 68.6 Å². The molecule has 2 aromatic rings. The van der Waals surface area contributed by atoms with Gasteiger partial charge in [0.15, 0.2) is 23.9 Å². The van der Waals surface area contributed by atoms with E-state index < -0.39 is 0 Å². The van der Waals surface area contributed by atoms with E-state index in [4.69, 9.17) is 37.4 Å². The number of ether oxygens (including phenoxy) is 3. The molecular formula is C24H29Cl2N3O5. The molecule has 1 aromatic heterocycles. The average molecular weight is 510 g/mol. The number of Topliss-reactive ketones (excluding diaryl/α,β-unsaturated/α-hetero) is 1. The number of carbonyl (C=O) groups excluding carboxylic acids is 2. The maximum atomic E-state index is 13.2. The van der Waals surface area contributed by atoms with Crippen molar-refractivity contribution >= 4 is 34.9 Å². The van der Waals surface area contributed by atoms with Gasteiger partial charge in [0, 0.05) is 37.5 Å². The van der Waals surface area contributed by atoms with Crippen molar-refractivity contribution in [2.45, 2.75) is 25.7 Å². The third-order valence-corrected chi connectivity index (χ3v) is 6.29. The molecule has 1 aromatic carbocycles. The summed E-state index contributed by atoms with van der Waals surface area (Å²) in [5, 5.41) is 3.44. The first-order valence-electron chi connectivity index (χ1n) is 11.1. The van der Waals surface area contributed by atoms with Crippen LogP contribution in [0, 0.1) is 0 Å². The van der Waals surface area contributed by atoms with E-state index in [1.807, 2.05) is 0 Å². The van der Waals surface area contributed by atoms with E-state index in [1.165, 1.54) is 45.9 Å². The lowest BCUT2D eigenvalue weighted by Crippen LogP contribution is -2.39. The second kappa shape index (κ2) is 12.8. The predicted octanol–water partition coefficient (Wildman–Crippen LogP) is 3.81. The Kier molecular flexibility index (Phi) is 9.80. The molecule has 0 aliphatic carbocycles. The predicted molar refractivity (Wildman–Crippen MR) is 131 cm³/mol. The van der Waals surface area contributed by atoms with Crippen LogP contribution >= 0.6 is 23.2 Å². The Morgan fingerprint density at radius 1 is 1.03 bits per heavy atom. The molecule has 1 fully saturated rings. The summed E-state index contributed by atoms with van der Waals surface area (Å²) in [6.45, 7) is 3.17. The minimum Gasteiger partial charge on any atom is -0.493 e. The lowest BCUT2D eigenvalue weighted by molar-refractivity contribution is -0.123. The summed E-state index contributed by atoms with van der Waals surface area (Å²) in [6, 6.07) is 3.17. The molecule has 0 radical (unpaired) electrons. The van der Waals surface area contributed by atoms with Crippen molar-refractivity contribution in [3.8, 4) is 17.2 Å². The number of nitrogens with one attached hydrogen (secondary N) is 1. The summed E-state index contributed by atoms with van der Waals surface area (Å²) >= 11 is 12.4. The summed E-state index contributed by atoms with van der Waals surface area (Å²) in [5.41, 5.74) is 0.683. The molecule has 0 atom stereocenters. The van der Waals surface area contributed by atoms with E-state index in [2.05, 4.69) is 15.2 Å². The van der Waals surface area contributed by atoms with Gasteiger partial charge in [0.1, 0.15) is 0 Å². The minimum atomic E-state index is -0.309. The number of nitrogens with zero attached hydrogens (tertiary/aromatic N) is 2. The summed E-state index contributed by atoms with van der Waals surface area (Å²) in [6.07, 6.45) is 6.43. The molecule has 0 bridgehead atoms. The lowest BCUT2D eigenvalue weighted by atomic mass is 10.0. The van der Waals surface area contributed by atoms with E-state index in [-0.39, 0.29) is 51.8 Å².